The van der Waals surface area contributed by atoms with Gasteiger partial charge in [0.25, 0.3) is 0 Å². The number of anilines is 1. The third kappa shape index (κ3) is 2.30. The molecule has 0 fully saturated rings. The largest absolute Gasteiger partial charge is 0.399 e. The van der Waals surface area contributed by atoms with Gasteiger partial charge < -0.3 is 15.2 Å². The summed E-state index contributed by atoms with van der Waals surface area (Å²) in [7, 11) is 3.18. The van der Waals surface area contributed by atoms with Crippen LogP contribution in [0.15, 0.2) is 36.8 Å². The normalized spacial score (nSPS) is 11.0. The molecule has 5 heteroatoms. The number of rotatable bonds is 4. The van der Waals surface area contributed by atoms with Crippen LogP contribution in [0.4, 0.5) is 5.69 Å². The van der Waals surface area contributed by atoms with Crippen molar-refractivity contribution in [1.82, 2.24) is 9.55 Å². The first-order valence-corrected chi connectivity index (χ1v) is 5.20. The number of benzene rings is 1. The van der Waals surface area contributed by atoms with Crippen LogP contribution in [0.3, 0.4) is 0 Å². The number of nitrogens with zero attached hydrogens (tertiary/aromatic N) is 2. The van der Waals surface area contributed by atoms with E-state index in [1.165, 1.54) is 0 Å². The van der Waals surface area contributed by atoms with Crippen LogP contribution < -0.4 is 5.73 Å². The van der Waals surface area contributed by atoms with Gasteiger partial charge in [-0.15, -0.1) is 0 Å². The minimum absolute atomic E-state index is 0.445. The molecule has 17 heavy (non-hydrogen) atoms. The molecule has 2 N–H and O–H groups in total. The first kappa shape index (κ1) is 11.6. The molecule has 2 rings (SSSR count). The molecule has 0 aliphatic rings. The Hall–Kier alpha value is -1.85. The van der Waals surface area contributed by atoms with Gasteiger partial charge in [-0.2, -0.15) is 0 Å². The molecule has 1 aromatic carbocycles. The van der Waals surface area contributed by atoms with Gasteiger partial charge in [-0.25, -0.2) is 4.98 Å². The summed E-state index contributed by atoms with van der Waals surface area (Å²) < 4.78 is 12.3. The lowest BCUT2D eigenvalue weighted by molar-refractivity contribution is -0.109. The second kappa shape index (κ2) is 4.99. The lowest BCUT2D eigenvalue weighted by Crippen LogP contribution is -2.09. The van der Waals surface area contributed by atoms with Crippen molar-refractivity contribution < 1.29 is 9.47 Å². The molecule has 0 radical (unpaired) electrons. The van der Waals surface area contributed by atoms with Gasteiger partial charge in [0.05, 0.1) is 18.2 Å². The van der Waals surface area contributed by atoms with Gasteiger partial charge in [-0.05, 0) is 18.2 Å². The monoisotopic (exact) mass is 233 g/mol. The minimum atomic E-state index is -0.445. The van der Waals surface area contributed by atoms with E-state index in [0.29, 0.717) is 5.69 Å². The summed E-state index contributed by atoms with van der Waals surface area (Å²) in [6.07, 6.45) is 2.97. The fourth-order valence-corrected chi connectivity index (χ4v) is 1.71. The topological polar surface area (TPSA) is 62.3 Å². The van der Waals surface area contributed by atoms with E-state index in [-0.39, 0.29) is 0 Å². The minimum Gasteiger partial charge on any atom is -0.399 e. The zero-order valence-corrected chi connectivity index (χ0v) is 9.83. The van der Waals surface area contributed by atoms with Crippen LogP contribution in [0.1, 0.15) is 12.0 Å². The van der Waals surface area contributed by atoms with Gasteiger partial charge in [0.1, 0.15) is 0 Å². The highest BCUT2D eigenvalue weighted by Crippen LogP contribution is 2.21. The number of nitrogen functional groups attached to an aromatic ring is 1. The molecule has 0 unspecified atom stereocenters. The van der Waals surface area contributed by atoms with E-state index >= 15 is 0 Å². The Morgan fingerprint density at radius 2 is 2.06 bits per heavy atom. The first-order chi connectivity index (χ1) is 8.26. The Morgan fingerprint density at radius 1 is 1.29 bits per heavy atom. The fourth-order valence-electron chi connectivity index (χ4n) is 1.71. The van der Waals surface area contributed by atoms with Crippen molar-refractivity contribution in [2.45, 2.75) is 6.29 Å². The van der Waals surface area contributed by atoms with Gasteiger partial charge in [0, 0.05) is 25.6 Å². The predicted molar refractivity (Wildman–Crippen MR) is 64.7 cm³/mol. The van der Waals surface area contributed by atoms with E-state index in [2.05, 4.69) is 4.98 Å². The van der Waals surface area contributed by atoms with Gasteiger partial charge in [-0.1, -0.05) is 6.07 Å². The van der Waals surface area contributed by atoms with Crippen LogP contribution in [0.2, 0.25) is 0 Å². The molecule has 1 heterocycles. The van der Waals surface area contributed by atoms with Crippen LogP contribution in [0.25, 0.3) is 5.69 Å². The quantitative estimate of drug-likeness (QED) is 0.645. The van der Waals surface area contributed by atoms with Crippen LogP contribution >= 0.6 is 0 Å². The highest BCUT2D eigenvalue weighted by molar-refractivity contribution is 5.48. The van der Waals surface area contributed by atoms with Gasteiger partial charge in [0.15, 0.2) is 0 Å². The highest BCUT2D eigenvalue weighted by Gasteiger charge is 2.15. The average Bonchev–Trinajstić information content (AvgIpc) is 2.80. The van der Waals surface area contributed by atoms with E-state index in [9.17, 15) is 0 Å². The maximum absolute atomic E-state index is 5.76. The van der Waals surface area contributed by atoms with Crippen LogP contribution in [-0.4, -0.2) is 23.8 Å². The smallest absolute Gasteiger partial charge is 0.200 e. The summed E-state index contributed by atoms with van der Waals surface area (Å²) in [6.45, 7) is 0. The summed E-state index contributed by atoms with van der Waals surface area (Å²) >= 11 is 0. The molecule has 0 bridgehead atoms. The zero-order valence-electron chi connectivity index (χ0n) is 9.83. The zero-order chi connectivity index (χ0) is 12.3. The van der Waals surface area contributed by atoms with Crippen molar-refractivity contribution in [3.63, 3.8) is 0 Å². The van der Waals surface area contributed by atoms with Crippen molar-refractivity contribution in [3.05, 3.63) is 42.5 Å². The Morgan fingerprint density at radius 3 is 2.71 bits per heavy atom. The Kier molecular flexibility index (Phi) is 3.41. The van der Waals surface area contributed by atoms with Crippen LogP contribution in [0.5, 0.6) is 0 Å². The molecular weight excluding hydrogens is 218 g/mol. The molecule has 0 spiro atoms. The average molecular weight is 233 g/mol. The molecular formula is C12H15N3O2. The molecule has 0 aliphatic carbocycles. The summed E-state index contributed by atoms with van der Waals surface area (Å²) in [5.74, 6) is 0. The second-order valence-electron chi connectivity index (χ2n) is 3.59. The number of nitrogens with two attached hydrogens (primary N) is 1. The van der Waals surface area contributed by atoms with Gasteiger partial charge in [-0.3, -0.25) is 4.57 Å². The number of ether oxygens (including phenoxy) is 2. The van der Waals surface area contributed by atoms with Crippen molar-refractivity contribution in [1.29, 1.82) is 0 Å². The van der Waals surface area contributed by atoms with E-state index < -0.39 is 6.29 Å². The van der Waals surface area contributed by atoms with Gasteiger partial charge in [0.2, 0.25) is 6.29 Å². The summed E-state index contributed by atoms with van der Waals surface area (Å²) in [6, 6.07) is 7.55. The molecule has 5 nitrogen and oxygen atoms in total. The third-order valence-corrected chi connectivity index (χ3v) is 2.49. The molecule has 0 atom stereocenters. The van der Waals surface area contributed by atoms with E-state index in [1.54, 1.807) is 26.7 Å². The number of hydrogen-bond acceptors (Lipinski definition) is 4. The SMILES string of the molecule is COC(OC)c1cncn1-c1cccc(N)c1. The number of aromatic nitrogens is 2. The van der Waals surface area contributed by atoms with E-state index in [1.807, 2.05) is 28.8 Å². The first-order valence-electron chi connectivity index (χ1n) is 5.20. The molecule has 0 amide bonds. The molecule has 0 aliphatic heterocycles. The lowest BCUT2D eigenvalue weighted by atomic mass is 10.2. The maximum atomic E-state index is 5.76. The Labute approximate surface area is 99.8 Å². The predicted octanol–water partition coefficient (Wildman–Crippen LogP) is 1.75. The number of imidazole rings is 1. The summed E-state index contributed by atoms with van der Waals surface area (Å²) in [5.41, 5.74) is 8.21. The lowest BCUT2D eigenvalue weighted by Gasteiger charge is -2.15. The fraction of sp³-hybridized carbons (Fsp3) is 0.250. The molecule has 0 saturated heterocycles. The summed E-state index contributed by atoms with van der Waals surface area (Å²) in [5, 5.41) is 0. The van der Waals surface area contributed by atoms with Gasteiger partial charge >= 0.3 is 0 Å². The molecule has 1 aromatic heterocycles. The number of hydrogen-bond donors (Lipinski definition) is 1. The molecule has 2 aromatic rings. The standard InChI is InChI=1S/C12H15N3O2/c1-16-12(17-2)11-7-14-8-15(11)10-5-3-4-9(13)6-10/h3-8,12H,13H2,1-2H3. The number of methoxy groups -OCH3 is 2. The van der Waals surface area contributed by atoms with Crippen molar-refractivity contribution in [2.75, 3.05) is 20.0 Å². The van der Waals surface area contributed by atoms with Crippen LogP contribution in [0, 0.1) is 0 Å². The van der Waals surface area contributed by atoms with Crippen molar-refractivity contribution >= 4 is 5.69 Å². The van der Waals surface area contributed by atoms with Crippen molar-refractivity contribution in [2.24, 2.45) is 0 Å². The Balaban J connectivity index is 2.43. The maximum Gasteiger partial charge on any atom is 0.200 e. The second-order valence-corrected chi connectivity index (χ2v) is 3.59. The van der Waals surface area contributed by atoms with E-state index in [4.69, 9.17) is 15.2 Å². The molecule has 0 saturated carbocycles. The highest BCUT2D eigenvalue weighted by atomic mass is 16.7. The summed E-state index contributed by atoms with van der Waals surface area (Å²) in [4.78, 5) is 4.11. The third-order valence-electron chi connectivity index (χ3n) is 2.49. The Bertz CT molecular complexity index is 492. The molecule has 90 valence electrons. The van der Waals surface area contributed by atoms with Crippen LogP contribution in [-0.2, 0) is 9.47 Å². The van der Waals surface area contributed by atoms with E-state index in [0.717, 1.165) is 11.4 Å². The van der Waals surface area contributed by atoms with Crippen molar-refractivity contribution in [3.8, 4) is 5.69 Å².